The van der Waals surface area contributed by atoms with E-state index in [1.54, 1.807) is 0 Å². The summed E-state index contributed by atoms with van der Waals surface area (Å²) in [5.41, 5.74) is 1.33. The van der Waals surface area contributed by atoms with E-state index >= 15 is 4.39 Å². The number of hydrogen-bond acceptors (Lipinski definition) is 7. The normalized spacial score (nSPS) is 21.9. The fourth-order valence-corrected chi connectivity index (χ4v) is 6.78. The van der Waals surface area contributed by atoms with Crippen molar-refractivity contribution < 1.29 is 31.6 Å². The molecule has 3 atom stereocenters. The van der Waals surface area contributed by atoms with Gasteiger partial charge in [0.15, 0.2) is 16.5 Å². The van der Waals surface area contributed by atoms with Gasteiger partial charge in [-0.15, -0.1) is 0 Å². The van der Waals surface area contributed by atoms with E-state index < -0.39 is 27.5 Å². The van der Waals surface area contributed by atoms with Gasteiger partial charge in [0.05, 0.1) is 14.2 Å². The number of hydrogen-bond donors (Lipinski definition) is 2. The van der Waals surface area contributed by atoms with Gasteiger partial charge in [0.1, 0.15) is 17.7 Å². The van der Waals surface area contributed by atoms with Gasteiger partial charge in [0, 0.05) is 39.5 Å². The van der Waals surface area contributed by atoms with Crippen LogP contribution in [0.2, 0.25) is 0 Å². The molecule has 1 saturated carbocycles. The fourth-order valence-electron chi connectivity index (χ4n) is 5.09. The topological polar surface area (TPSA) is 120 Å². The highest BCUT2D eigenvalue weighted by atomic mass is 79.9. The van der Waals surface area contributed by atoms with Gasteiger partial charge in [-0.1, -0.05) is 34.1 Å². The predicted molar refractivity (Wildman–Crippen MR) is 133 cm³/mol. The summed E-state index contributed by atoms with van der Waals surface area (Å²) in [6.45, 7) is 1.84. The number of carbonyl (C=O) groups is 1. The minimum atomic E-state index is -4.34. The minimum Gasteiger partial charge on any atom is -0.495 e. The Balaban J connectivity index is 1.60. The van der Waals surface area contributed by atoms with Gasteiger partial charge in [0.2, 0.25) is 0 Å². The number of sulfonamides is 1. The molecule has 1 heterocycles. The Bertz CT molecular complexity index is 1470. The number of nitrogens with zero attached hydrogens (tertiary/aromatic N) is 1. The average Bonchev–Trinajstić information content (AvgIpc) is 3.16. The highest BCUT2D eigenvalue weighted by Gasteiger charge is 2.66. The first-order valence-corrected chi connectivity index (χ1v) is 13.3. The Kier molecular flexibility index (Phi) is 5.79. The van der Waals surface area contributed by atoms with E-state index in [0.717, 1.165) is 10.0 Å². The van der Waals surface area contributed by atoms with E-state index in [2.05, 4.69) is 31.1 Å². The molecule has 0 aliphatic heterocycles. The highest BCUT2D eigenvalue weighted by Crippen LogP contribution is 2.63. The lowest BCUT2D eigenvalue weighted by molar-refractivity contribution is 0.0962. The number of ether oxygens (including phenoxy) is 2. The van der Waals surface area contributed by atoms with Crippen molar-refractivity contribution in [2.24, 2.45) is 5.92 Å². The van der Waals surface area contributed by atoms with Crippen molar-refractivity contribution in [2.75, 3.05) is 26.0 Å². The van der Waals surface area contributed by atoms with Crippen LogP contribution >= 0.6 is 15.9 Å². The molecule has 190 valence electrons. The number of benzene rings is 2. The number of halogens is 2. The number of fused-ring (bicyclic) bond motifs is 4. The molecule has 0 saturated heterocycles. The molecule has 5 rings (SSSR count). The summed E-state index contributed by atoms with van der Waals surface area (Å²) >= 11 is 3.45. The molecular formula is C24H23BrFN3O6S. The first-order valence-electron chi connectivity index (χ1n) is 11.0. The molecule has 2 N–H and O–H groups in total. The molecule has 1 amide bonds. The molecule has 12 heteroatoms. The van der Waals surface area contributed by atoms with Crippen molar-refractivity contribution in [1.29, 1.82) is 0 Å². The maximum absolute atomic E-state index is 15.0. The van der Waals surface area contributed by atoms with Gasteiger partial charge in [-0.05, 0) is 36.2 Å². The van der Waals surface area contributed by atoms with Crippen LogP contribution < -0.4 is 19.5 Å². The Morgan fingerprint density at radius 1 is 1.22 bits per heavy atom. The maximum Gasteiger partial charge on any atom is 0.270 e. The van der Waals surface area contributed by atoms with Crippen molar-refractivity contribution in [2.45, 2.75) is 29.8 Å². The van der Waals surface area contributed by atoms with Crippen LogP contribution in [0.4, 0.5) is 10.2 Å². The van der Waals surface area contributed by atoms with Crippen molar-refractivity contribution in [3.05, 3.63) is 51.5 Å². The average molecular weight is 580 g/mol. The molecular weight excluding hydrogens is 557 g/mol. The molecule has 2 aliphatic rings. The number of rotatable bonds is 6. The summed E-state index contributed by atoms with van der Waals surface area (Å²) in [6.07, 6.45) is -0.854. The predicted octanol–water partition coefficient (Wildman–Crippen LogP) is 4.06. The van der Waals surface area contributed by atoms with Gasteiger partial charge in [-0.3, -0.25) is 9.52 Å². The Morgan fingerprint density at radius 3 is 2.42 bits per heavy atom. The van der Waals surface area contributed by atoms with Crippen LogP contribution in [0.1, 0.15) is 28.4 Å². The number of anilines is 1. The third-order valence-corrected chi connectivity index (χ3v) is 8.96. The van der Waals surface area contributed by atoms with Crippen molar-refractivity contribution >= 4 is 37.7 Å². The van der Waals surface area contributed by atoms with E-state index in [1.165, 1.54) is 33.4 Å². The number of alkyl halides is 1. The first kappa shape index (κ1) is 24.6. The SMILES string of the molecule is CNC(=O)c1cc(OC)c(S(=O)(=O)Nc2noc3c2C[C@]2(c4ccc(Br)cc4-3)[C@H](C)[C@H]2F)c(OC)c1. The molecule has 1 spiro atoms. The third-order valence-electron chi connectivity index (χ3n) is 7.07. The quantitative estimate of drug-likeness (QED) is 0.451. The van der Waals surface area contributed by atoms with Gasteiger partial charge < -0.3 is 19.3 Å². The monoisotopic (exact) mass is 579 g/mol. The second kappa shape index (κ2) is 8.48. The van der Waals surface area contributed by atoms with Crippen LogP contribution in [0.3, 0.4) is 0 Å². The smallest absolute Gasteiger partial charge is 0.270 e. The maximum atomic E-state index is 15.0. The summed E-state index contributed by atoms with van der Waals surface area (Å²) in [7, 11) is -0.315. The number of carbonyl (C=O) groups excluding carboxylic acids is 1. The Hall–Kier alpha value is -3.12. The molecule has 2 aromatic carbocycles. The fraction of sp³-hybridized carbons (Fsp3) is 0.333. The largest absolute Gasteiger partial charge is 0.495 e. The van der Waals surface area contributed by atoms with Crippen LogP contribution in [0.15, 0.2) is 44.2 Å². The molecule has 0 radical (unpaired) electrons. The molecule has 0 unspecified atom stereocenters. The second-order valence-electron chi connectivity index (χ2n) is 8.83. The minimum absolute atomic E-state index is 0.0409. The van der Waals surface area contributed by atoms with Crippen LogP contribution in [0.25, 0.3) is 11.3 Å². The van der Waals surface area contributed by atoms with Crippen LogP contribution in [-0.4, -0.2) is 46.9 Å². The van der Waals surface area contributed by atoms with Crippen LogP contribution in [-0.2, 0) is 21.9 Å². The first-order chi connectivity index (χ1) is 17.1. The molecule has 36 heavy (non-hydrogen) atoms. The zero-order valence-corrected chi connectivity index (χ0v) is 22.2. The van der Waals surface area contributed by atoms with E-state index in [0.29, 0.717) is 16.9 Å². The van der Waals surface area contributed by atoms with Crippen molar-refractivity contribution in [3.63, 3.8) is 0 Å². The summed E-state index contributed by atoms with van der Waals surface area (Å²) in [4.78, 5) is 11.8. The highest BCUT2D eigenvalue weighted by molar-refractivity contribution is 9.10. The summed E-state index contributed by atoms with van der Waals surface area (Å²) in [5.74, 6) is -0.534. The molecule has 2 aliphatic carbocycles. The number of nitrogens with one attached hydrogen (secondary N) is 2. The van der Waals surface area contributed by atoms with Gasteiger partial charge >= 0.3 is 0 Å². The molecule has 3 aromatic rings. The Labute approximate surface area is 215 Å². The van der Waals surface area contributed by atoms with E-state index in [9.17, 15) is 13.2 Å². The lowest BCUT2D eigenvalue weighted by atomic mass is 9.78. The molecule has 0 bridgehead atoms. The molecule has 1 fully saturated rings. The van der Waals surface area contributed by atoms with E-state index in [4.69, 9.17) is 14.0 Å². The lowest BCUT2D eigenvalue weighted by Crippen LogP contribution is -2.23. The molecule has 1 aromatic heterocycles. The Morgan fingerprint density at radius 2 is 1.86 bits per heavy atom. The second-order valence-corrected chi connectivity index (χ2v) is 11.4. The zero-order valence-electron chi connectivity index (χ0n) is 19.8. The van der Waals surface area contributed by atoms with Gasteiger partial charge in [0.25, 0.3) is 15.9 Å². The molecule has 9 nitrogen and oxygen atoms in total. The zero-order chi connectivity index (χ0) is 26.0. The van der Waals surface area contributed by atoms with Gasteiger partial charge in [-0.2, -0.15) is 0 Å². The number of amides is 1. The number of aromatic nitrogens is 1. The van der Waals surface area contributed by atoms with E-state index in [1.807, 2.05) is 25.1 Å². The standard InChI is InChI=1S/C24H23BrFN3O6S/c1-11-21(26)24(11)10-15-19(14-9-13(25)5-6-16(14)24)35-28-22(15)29-36(31,32)20-17(33-3)7-12(23(30)27-2)8-18(20)34-4/h5-9,11,21H,10H2,1-4H3,(H,27,30)(H,28,29)/t11-,21-,24-/m1/s1. The number of methoxy groups -OCH3 is 2. The van der Waals surface area contributed by atoms with Crippen molar-refractivity contribution in [3.8, 4) is 22.8 Å². The summed E-state index contributed by atoms with van der Waals surface area (Å²) in [6, 6.07) is 8.14. The van der Waals surface area contributed by atoms with Crippen LogP contribution in [0.5, 0.6) is 11.5 Å². The third kappa shape index (κ3) is 3.49. The summed E-state index contributed by atoms with van der Waals surface area (Å²) < 4.78 is 61.6. The van der Waals surface area contributed by atoms with Crippen LogP contribution in [0, 0.1) is 5.92 Å². The van der Waals surface area contributed by atoms with Gasteiger partial charge in [-0.25, -0.2) is 12.8 Å². The lowest BCUT2D eigenvalue weighted by Gasteiger charge is -2.25. The summed E-state index contributed by atoms with van der Waals surface area (Å²) in [5, 5.41) is 6.48. The van der Waals surface area contributed by atoms with Crippen molar-refractivity contribution in [1.82, 2.24) is 10.5 Å². The van der Waals surface area contributed by atoms with E-state index in [-0.39, 0.29) is 40.1 Å².